The Morgan fingerprint density at radius 3 is 2.60 bits per heavy atom. The second-order valence-electron chi connectivity index (χ2n) is 8.01. The molecule has 2 atom stereocenters. The van der Waals surface area contributed by atoms with Crippen LogP contribution in [-0.4, -0.2) is 71.0 Å². The number of aliphatic carboxylic acids is 1. The molecule has 0 radical (unpaired) electrons. The van der Waals surface area contributed by atoms with Gasteiger partial charge < -0.3 is 20.2 Å². The number of nitrogens with one attached hydrogen (secondary N) is 1. The summed E-state index contributed by atoms with van der Waals surface area (Å²) in [5.74, 6) is -2.78. The van der Waals surface area contributed by atoms with E-state index in [-0.39, 0.29) is 28.4 Å². The van der Waals surface area contributed by atoms with Crippen molar-refractivity contribution in [2.45, 2.75) is 19.3 Å². The summed E-state index contributed by atoms with van der Waals surface area (Å²) in [4.78, 5) is 32.3. The lowest BCUT2D eigenvalue weighted by molar-refractivity contribution is -0.141. The van der Waals surface area contributed by atoms with Crippen molar-refractivity contribution in [1.29, 1.82) is 0 Å². The SMILES string of the molecule is O=C(O)C1CCN(CCN2CCCC(C(=O)Nc3nc4c(F)cc(F)cc4s3)C2)C1. The summed E-state index contributed by atoms with van der Waals surface area (Å²) < 4.78 is 27.6. The van der Waals surface area contributed by atoms with Crippen molar-refractivity contribution in [1.82, 2.24) is 14.8 Å². The summed E-state index contributed by atoms with van der Waals surface area (Å²) in [6.45, 7) is 4.50. The molecule has 30 heavy (non-hydrogen) atoms. The summed E-state index contributed by atoms with van der Waals surface area (Å²) in [7, 11) is 0. The third-order valence-electron chi connectivity index (χ3n) is 5.87. The van der Waals surface area contributed by atoms with Crippen LogP contribution < -0.4 is 5.32 Å². The molecule has 0 aliphatic carbocycles. The molecule has 2 unspecified atom stereocenters. The summed E-state index contributed by atoms with van der Waals surface area (Å²) >= 11 is 1.06. The van der Waals surface area contributed by atoms with E-state index in [0.717, 1.165) is 56.4 Å². The minimum atomic E-state index is -0.738. The van der Waals surface area contributed by atoms with E-state index in [1.54, 1.807) is 0 Å². The highest BCUT2D eigenvalue weighted by molar-refractivity contribution is 7.22. The average molecular weight is 439 g/mol. The van der Waals surface area contributed by atoms with Crippen LogP contribution in [-0.2, 0) is 9.59 Å². The van der Waals surface area contributed by atoms with Gasteiger partial charge in [0.05, 0.1) is 16.5 Å². The lowest BCUT2D eigenvalue weighted by Gasteiger charge is -2.32. The van der Waals surface area contributed by atoms with Crippen molar-refractivity contribution < 1.29 is 23.5 Å². The zero-order valence-corrected chi connectivity index (χ0v) is 17.3. The molecule has 0 bridgehead atoms. The number of amides is 1. The quantitative estimate of drug-likeness (QED) is 0.721. The fraction of sp³-hybridized carbons (Fsp3) is 0.550. The Hall–Kier alpha value is -2.17. The number of rotatable bonds is 6. The Kier molecular flexibility index (Phi) is 6.26. The summed E-state index contributed by atoms with van der Waals surface area (Å²) in [5.41, 5.74) is 0.0623. The van der Waals surface area contributed by atoms with Gasteiger partial charge in [-0.15, -0.1) is 0 Å². The van der Waals surface area contributed by atoms with Crippen molar-refractivity contribution in [2.75, 3.05) is 44.6 Å². The number of anilines is 1. The monoisotopic (exact) mass is 438 g/mol. The number of carboxylic acids is 1. The van der Waals surface area contributed by atoms with Crippen LogP contribution in [0.15, 0.2) is 12.1 Å². The molecule has 10 heteroatoms. The number of halogens is 2. The van der Waals surface area contributed by atoms with Gasteiger partial charge >= 0.3 is 5.97 Å². The van der Waals surface area contributed by atoms with Gasteiger partial charge in [-0.3, -0.25) is 9.59 Å². The van der Waals surface area contributed by atoms with E-state index in [9.17, 15) is 18.4 Å². The molecule has 1 aromatic carbocycles. The predicted octanol–water partition coefficient (Wildman–Crippen LogP) is 2.63. The van der Waals surface area contributed by atoms with Crippen LogP contribution >= 0.6 is 11.3 Å². The average Bonchev–Trinajstić information content (AvgIpc) is 3.33. The second kappa shape index (κ2) is 8.91. The molecule has 1 amide bonds. The third-order valence-corrected chi connectivity index (χ3v) is 6.79. The number of hydrogen-bond donors (Lipinski definition) is 2. The third kappa shape index (κ3) is 4.76. The predicted molar refractivity (Wildman–Crippen MR) is 110 cm³/mol. The molecule has 2 aromatic rings. The fourth-order valence-electron chi connectivity index (χ4n) is 4.21. The number of nitrogens with zero attached hydrogens (tertiary/aromatic N) is 3. The first-order valence-corrected chi connectivity index (χ1v) is 10.9. The molecule has 2 aliphatic rings. The Morgan fingerprint density at radius 2 is 1.87 bits per heavy atom. The standard InChI is InChI=1S/C20H24F2N4O3S/c21-14-8-15(22)17-16(9-14)30-20(23-17)24-18(27)12-2-1-4-25(10-12)6-7-26-5-3-13(11-26)19(28)29/h8-9,12-13H,1-7,10-11H2,(H,28,29)(H,23,24,27). The number of aromatic nitrogens is 1. The molecule has 3 heterocycles. The Balaban J connectivity index is 1.30. The Bertz CT molecular complexity index is 954. The lowest BCUT2D eigenvalue weighted by Crippen LogP contribution is -2.43. The van der Waals surface area contributed by atoms with Gasteiger partial charge in [0.25, 0.3) is 0 Å². The van der Waals surface area contributed by atoms with E-state index in [1.165, 1.54) is 6.07 Å². The van der Waals surface area contributed by atoms with Crippen LogP contribution in [0.2, 0.25) is 0 Å². The number of hydrogen-bond acceptors (Lipinski definition) is 6. The van der Waals surface area contributed by atoms with Gasteiger partial charge in [0.15, 0.2) is 10.9 Å². The van der Waals surface area contributed by atoms with Crippen molar-refractivity contribution >= 4 is 38.6 Å². The van der Waals surface area contributed by atoms with Gasteiger partial charge in [0, 0.05) is 32.2 Å². The molecule has 2 fully saturated rings. The molecule has 4 rings (SSSR count). The highest BCUT2D eigenvalue weighted by atomic mass is 32.1. The van der Waals surface area contributed by atoms with Crippen LogP contribution in [0.25, 0.3) is 10.2 Å². The maximum atomic E-state index is 13.8. The molecule has 2 saturated heterocycles. The normalized spacial score (nSPS) is 23.1. The zero-order chi connectivity index (χ0) is 21.3. The van der Waals surface area contributed by atoms with Crippen molar-refractivity contribution in [3.8, 4) is 0 Å². The van der Waals surface area contributed by atoms with Crippen LogP contribution in [0.1, 0.15) is 19.3 Å². The van der Waals surface area contributed by atoms with Crippen molar-refractivity contribution in [2.24, 2.45) is 11.8 Å². The first-order valence-electron chi connectivity index (χ1n) is 10.1. The summed E-state index contributed by atoms with van der Waals surface area (Å²) in [6.07, 6.45) is 2.35. The van der Waals surface area contributed by atoms with Crippen LogP contribution in [0, 0.1) is 23.5 Å². The topological polar surface area (TPSA) is 85.8 Å². The van der Waals surface area contributed by atoms with E-state index >= 15 is 0 Å². The highest BCUT2D eigenvalue weighted by Crippen LogP contribution is 2.29. The number of fused-ring (bicyclic) bond motifs is 1. The molecule has 162 valence electrons. The van der Waals surface area contributed by atoms with E-state index in [0.29, 0.717) is 24.2 Å². The molecule has 7 nitrogen and oxygen atoms in total. The van der Waals surface area contributed by atoms with Gasteiger partial charge in [-0.25, -0.2) is 13.8 Å². The maximum absolute atomic E-state index is 13.8. The first-order chi connectivity index (χ1) is 14.4. The van der Waals surface area contributed by atoms with Gasteiger partial charge in [-0.2, -0.15) is 0 Å². The molecular formula is C20H24F2N4O3S. The lowest BCUT2D eigenvalue weighted by atomic mass is 9.97. The number of benzene rings is 1. The van der Waals surface area contributed by atoms with Gasteiger partial charge in [-0.05, 0) is 38.4 Å². The van der Waals surface area contributed by atoms with Gasteiger partial charge in [-0.1, -0.05) is 11.3 Å². The van der Waals surface area contributed by atoms with Crippen molar-refractivity contribution in [3.05, 3.63) is 23.8 Å². The van der Waals surface area contributed by atoms with Crippen molar-refractivity contribution in [3.63, 3.8) is 0 Å². The number of piperidine rings is 1. The Labute approximate surface area is 176 Å². The molecule has 2 aliphatic heterocycles. The second-order valence-corrected chi connectivity index (χ2v) is 9.04. The number of carboxylic acid groups (broad SMARTS) is 1. The van der Waals surface area contributed by atoms with E-state index in [1.807, 2.05) is 0 Å². The number of carbonyl (C=O) groups excluding carboxylic acids is 1. The largest absolute Gasteiger partial charge is 0.481 e. The highest BCUT2D eigenvalue weighted by Gasteiger charge is 2.30. The molecule has 2 N–H and O–H groups in total. The smallest absolute Gasteiger partial charge is 0.307 e. The summed E-state index contributed by atoms with van der Waals surface area (Å²) in [6, 6.07) is 1.99. The summed E-state index contributed by atoms with van der Waals surface area (Å²) in [5, 5.41) is 12.1. The zero-order valence-electron chi connectivity index (χ0n) is 16.4. The van der Waals surface area contributed by atoms with Crippen LogP contribution in [0.3, 0.4) is 0 Å². The van der Waals surface area contributed by atoms with Gasteiger partial charge in [0.1, 0.15) is 11.3 Å². The minimum Gasteiger partial charge on any atom is -0.481 e. The fourth-order valence-corrected chi connectivity index (χ4v) is 5.12. The molecule has 0 spiro atoms. The minimum absolute atomic E-state index is 0.0623. The molecular weight excluding hydrogens is 414 g/mol. The number of thiazole rings is 1. The van der Waals surface area contributed by atoms with Gasteiger partial charge in [0.2, 0.25) is 5.91 Å². The van der Waals surface area contributed by atoms with E-state index in [4.69, 9.17) is 5.11 Å². The maximum Gasteiger partial charge on any atom is 0.307 e. The van der Waals surface area contributed by atoms with Crippen LogP contribution in [0.4, 0.5) is 13.9 Å². The first kappa shape index (κ1) is 21.1. The van der Waals surface area contributed by atoms with E-state index < -0.39 is 17.6 Å². The Morgan fingerprint density at radius 1 is 1.13 bits per heavy atom. The number of carbonyl (C=O) groups is 2. The molecule has 1 aromatic heterocycles. The van der Waals surface area contributed by atoms with Crippen LogP contribution in [0.5, 0.6) is 0 Å². The van der Waals surface area contributed by atoms with E-state index in [2.05, 4.69) is 20.1 Å². The molecule has 0 saturated carbocycles. The number of likely N-dealkylation sites (tertiary alicyclic amines) is 2.